The summed E-state index contributed by atoms with van der Waals surface area (Å²) < 4.78 is 0.766. The normalized spacial score (nSPS) is 10.2. The summed E-state index contributed by atoms with van der Waals surface area (Å²) in [5, 5.41) is 7.15. The summed E-state index contributed by atoms with van der Waals surface area (Å²) >= 11 is 15.5. The molecule has 0 saturated carbocycles. The third-order valence-electron chi connectivity index (χ3n) is 2.34. The van der Waals surface area contributed by atoms with Gasteiger partial charge >= 0.3 is 0 Å². The lowest BCUT2D eigenvalue weighted by atomic mass is 10.3. The van der Waals surface area contributed by atoms with Crippen LogP contribution in [-0.2, 0) is 0 Å². The fourth-order valence-corrected chi connectivity index (χ4v) is 2.24. The number of benzene rings is 1. The Morgan fingerprint density at radius 2 is 1.83 bits per heavy atom. The van der Waals surface area contributed by atoms with Crippen LogP contribution in [0.5, 0.6) is 0 Å². The van der Waals surface area contributed by atoms with Crippen molar-refractivity contribution in [2.24, 2.45) is 0 Å². The number of hydrogen-bond donors (Lipinski definition) is 2. The molecular formula is C12H10BrCl2N3. The van der Waals surface area contributed by atoms with Crippen molar-refractivity contribution < 1.29 is 0 Å². The minimum absolute atomic E-state index is 0.473. The third-order valence-corrected chi connectivity index (χ3v) is 4.11. The van der Waals surface area contributed by atoms with E-state index < -0.39 is 0 Å². The van der Waals surface area contributed by atoms with Crippen molar-refractivity contribution >= 4 is 56.2 Å². The highest BCUT2D eigenvalue weighted by atomic mass is 79.9. The number of halogens is 3. The molecule has 0 unspecified atom stereocenters. The van der Waals surface area contributed by atoms with E-state index in [9.17, 15) is 0 Å². The molecule has 94 valence electrons. The number of rotatable bonds is 3. The second-order valence-corrected chi connectivity index (χ2v) is 5.17. The molecule has 1 aromatic heterocycles. The molecule has 2 N–H and O–H groups in total. The van der Waals surface area contributed by atoms with Crippen molar-refractivity contribution in [3.05, 3.63) is 45.1 Å². The summed E-state index contributed by atoms with van der Waals surface area (Å²) in [5.41, 5.74) is 2.49. The summed E-state index contributed by atoms with van der Waals surface area (Å²) in [6, 6.07) is 5.62. The quantitative estimate of drug-likeness (QED) is 0.773. The Labute approximate surface area is 124 Å². The van der Waals surface area contributed by atoms with Crippen molar-refractivity contribution in [1.82, 2.24) is 4.98 Å². The zero-order valence-electron chi connectivity index (χ0n) is 9.47. The van der Waals surface area contributed by atoms with Gasteiger partial charge in [0.25, 0.3) is 0 Å². The first-order valence-corrected chi connectivity index (χ1v) is 6.70. The molecule has 1 heterocycles. The van der Waals surface area contributed by atoms with Crippen LogP contribution >= 0.6 is 39.1 Å². The number of anilines is 3. The van der Waals surface area contributed by atoms with Gasteiger partial charge in [-0.05, 0) is 34.1 Å². The molecule has 0 fully saturated rings. The summed E-state index contributed by atoms with van der Waals surface area (Å²) in [5.74, 6) is 0. The molecule has 6 heteroatoms. The summed E-state index contributed by atoms with van der Waals surface area (Å²) in [4.78, 5) is 4.11. The van der Waals surface area contributed by atoms with Gasteiger partial charge in [0.15, 0.2) is 0 Å². The molecule has 0 saturated heterocycles. The lowest BCUT2D eigenvalue weighted by molar-refractivity contribution is 1.30. The van der Waals surface area contributed by atoms with Gasteiger partial charge in [-0.2, -0.15) is 0 Å². The molecule has 0 atom stereocenters. The number of aromatic nitrogens is 1. The maximum atomic E-state index is 6.16. The van der Waals surface area contributed by atoms with Gasteiger partial charge in [0.05, 0.1) is 39.5 Å². The van der Waals surface area contributed by atoms with Crippen LogP contribution in [0, 0.1) is 0 Å². The highest BCUT2D eigenvalue weighted by molar-refractivity contribution is 9.10. The standard InChI is InChI=1S/C12H10BrCl2N3/c1-16-7-4-8(6-17-5-7)18-10-3-2-9(13)11(14)12(10)15/h2-6,16,18H,1H3. The highest BCUT2D eigenvalue weighted by Crippen LogP contribution is 2.37. The van der Waals surface area contributed by atoms with E-state index in [4.69, 9.17) is 23.2 Å². The van der Waals surface area contributed by atoms with Crippen LogP contribution in [0.2, 0.25) is 10.0 Å². The molecule has 0 radical (unpaired) electrons. The van der Waals surface area contributed by atoms with Crippen LogP contribution in [0.1, 0.15) is 0 Å². The minimum Gasteiger partial charge on any atom is -0.387 e. The summed E-state index contributed by atoms with van der Waals surface area (Å²) in [6.07, 6.45) is 3.45. The third kappa shape index (κ3) is 2.88. The van der Waals surface area contributed by atoms with Crippen molar-refractivity contribution in [2.75, 3.05) is 17.7 Å². The van der Waals surface area contributed by atoms with E-state index in [1.165, 1.54) is 0 Å². The monoisotopic (exact) mass is 345 g/mol. The summed E-state index contributed by atoms with van der Waals surface area (Å²) in [7, 11) is 1.84. The van der Waals surface area contributed by atoms with E-state index >= 15 is 0 Å². The van der Waals surface area contributed by atoms with Crippen LogP contribution in [-0.4, -0.2) is 12.0 Å². The van der Waals surface area contributed by atoms with Crippen LogP contribution < -0.4 is 10.6 Å². The van der Waals surface area contributed by atoms with E-state index in [1.807, 2.05) is 25.2 Å². The first kappa shape index (κ1) is 13.5. The van der Waals surface area contributed by atoms with Gasteiger partial charge in [-0.1, -0.05) is 23.2 Å². The number of hydrogen-bond acceptors (Lipinski definition) is 3. The molecule has 2 aromatic rings. The molecule has 0 aliphatic rings. The SMILES string of the molecule is CNc1cncc(Nc2ccc(Br)c(Cl)c2Cl)c1. The van der Waals surface area contributed by atoms with Crippen LogP contribution in [0.4, 0.5) is 17.1 Å². The zero-order chi connectivity index (χ0) is 13.1. The van der Waals surface area contributed by atoms with Gasteiger partial charge in [-0.15, -0.1) is 0 Å². The van der Waals surface area contributed by atoms with Gasteiger partial charge < -0.3 is 10.6 Å². The molecule has 0 bridgehead atoms. The van der Waals surface area contributed by atoms with E-state index in [0.717, 1.165) is 21.5 Å². The second kappa shape index (κ2) is 5.78. The Balaban J connectivity index is 2.31. The van der Waals surface area contributed by atoms with E-state index in [1.54, 1.807) is 12.4 Å². The Kier molecular flexibility index (Phi) is 4.32. The first-order chi connectivity index (χ1) is 8.61. The number of nitrogens with one attached hydrogen (secondary N) is 2. The minimum atomic E-state index is 0.473. The Morgan fingerprint density at radius 1 is 1.11 bits per heavy atom. The van der Waals surface area contributed by atoms with Crippen LogP contribution in [0.15, 0.2) is 35.1 Å². The van der Waals surface area contributed by atoms with Gasteiger partial charge in [0.2, 0.25) is 0 Å². The van der Waals surface area contributed by atoms with Crippen molar-refractivity contribution in [3.63, 3.8) is 0 Å². The molecule has 0 aliphatic carbocycles. The maximum Gasteiger partial charge on any atom is 0.0838 e. The highest BCUT2D eigenvalue weighted by Gasteiger charge is 2.08. The molecule has 0 amide bonds. The topological polar surface area (TPSA) is 37.0 Å². The predicted molar refractivity (Wildman–Crippen MR) is 81.2 cm³/mol. The molecule has 3 nitrogen and oxygen atoms in total. The first-order valence-electron chi connectivity index (χ1n) is 5.15. The zero-order valence-corrected chi connectivity index (χ0v) is 12.6. The predicted octanol–water partition coefficient (Wildman–Crippen LogP) is 4.94. The van der Waals surface area contributed by atoms with Gasteiger partial charge in [0, 0.05) is 11.5 Å². The molecular weight excluding hydrogens is 337 g/mol. The smallest absolute Gasteiger partial charge is 0.0838 e. The Morgan fingerprint density at radius 3 is 2.56 bits per heavy atom. The molecule has 0 aliphatic heterocycles. The van der Waals surface area contributed by atoms with Crippen LogP contribution in [0.25, 0.3) is 0 Å². The second-order valence-electron chi connectivity index (χ2n) is 3.56. The van der Waals surface area contributed by atoms with Gasteiger partial charge in [-0.3, -0.25) is 4.98 Å². The van der Waals surface area contributed by atoms with Gasteiger partial charge in [-0.25, -0.2) is 0 Å². The Hall–Kier alpha value is -0.970. The fraction of sp³-hybridized carbons (Fsp3) is 0.0833. The molecule has 2 rings (SSSR count). The van der Waals surface area contributed by atoms with Crippen molar-refractivity contribution in [2.45, 2.75) is 0 Å². The van der Waals surface area contributed by atoms with Crippen molar-refractivity contribution in [3.8, 4) is 0 Å². The molecule has 1 aromatic carbocycles. The van der Waals surface area contributed by atoms with Crippen molar-refractivity contribution in [1.29, 1.82) is 0 Å². The van der Waals surface area contributed by atoms with Crippen LogP contribution in [0.3, 0.4) is 0 Å². The van der Waals surface area contributed by atoms with E-state index in [2.05, 4.69) is 31.5 Å². The van der Waals surface area contributed by atoms with E-state index in [-0.39, 0.29) is 0 Å². The Bertz CT molecular complexity index is 575. The van der Waals surface area contributed by atoms with Gasteiger partial charge in [0.1, 0.15) is 0 Å². The number of nitrogens with zero attached hydrogens (tertiary/aromatic N) is 1. The lowest BCUT2D eigenvalue weighted by Crippen LogP contribution is -1.95. The summed E-state index contributed by atoms with van der Waals surface area (Å²) in [6.45, 7) is 0. The average Bonchev–Trinajstić information content (AvgIpc) is 2.40. The lowest BCUT2D eigenvalue weighted by Gasteiger charge is -2.11. The largest absolute Gasteiger partial charge is 0.387 e. The number of pyridine rings is 1. The van der Waals surface area contributed by atoms with E-state index in [0.29, 0.717) is 10.0 Å². The molecule has 0 spiro atoms. The maximum absolute atomic E-state index is 6.16. The fourth-order valence-electron chi connectivity index (χ4n) is 1.42. The average molecular weight is 347 g/mol. The molecule has 18 heavy (non-hydrogen) atoms.